The first kappa shape index (κ1) is 16.1. The molecule has 0 atom stereocenters. The molecule has 24 heavy (non-hydrogen) atoms. The van der Waals surface area contributed by atoms with E-state index in [1.807, 2.05) is 0 Å². The molecule has 0 unspecified atom stereocenters. The number of aryl methyl sites for hydroxylation is 1. The van der Waals surface area contributed by atoms with E-state index in [-0.39, 0.29) is 18.3 Å². The van der Waals surface area contributed by atoms with E-state index in [2.05, 4.69) is 20.4 Å². The smallest absolute Gasteiger partial charge is 0.325 e. The summed E-state index contributed by atoms with van der Waals surface area (Å²) in [4.78, 5) is 20.8. The van der Waals surface area contributed by atoms with Gasteiger partial charge in [-0.1, -0.05) is 0 Å². The van der Waals surface area contributed by atoms with Crippen LogP contribution in [0, 0.1) is 12.7 Å². The van der Waals surface area contributed by atoms with Gasteiger partial charge in [-0.25, -0.2) is 14.1 Å². The quantitative estimate of drug-likeness (QED) is 0.825. The fourth-order valence-corrected chi connectivity index (χ4v) is 2.42. The van der Waals surface area contributed by atoms with E-state index in [0.717, 1.165) is 6.20 Å². The van der Waals surface area contributed by atoms with Crippen LogP contribution < -0.4 is 10.2 Å². The molecule has 3 rings (SSSR count). The Hall–Kier alpha value is -2.75. The van der Waals surface area contributed by atoms with Gasteiger partial charge in [0.2, 0.25) is 5.95 Å². The molecule has 3 heterocycles. The minimum Gasteiger partial charge on any atom is -0.480 e. The summed E-state index contributed by atoms with van der Waals surface area (Å²) in [6.07, 6.45) is 1.09. The van der Waals surface area contributed by atoms with Gasteiger partial charge in [0.25, 0.3) is 0 Å². The van der Waals surface area contributed by atoms with E-state index < -0.39 is 11.8 Å². The highest BCUT2D eigenvalue weighted by atomic mass is 19.1. The second-order valence-electron chi connectivity index (χ2n) is 5.31. The Labute approximate surface area is 137 Å². The summed E-state index contributed by atoms with van der Waals surface area (Å²) >= 11 is 0. The van der Waals surface area contributed by atoms with Crippen molar-refractivity contribution < 1.29 is 19.0 Å². The predicted molar refractivity (Wildman–Crippen MR) is 82.9 cm³/mol. The molecule has 1 fully saturated rings. The average Bonchev–Trinajstić information content (AvgIpc) is 2.88. The number of nitrogens with zero attached hydrogens (tertiary/aromatic N) is 5. The van der Waals surface area contributed by atoms with Crippen LogP contribution in [0.2, 0.25) is 0 Å². The fraction of sp³-hybridized carbons (Fsp3) is 0.429. The van der Waals surface area contributed by atoms with Crippen LogP contribution in [-0.4, -0.2) is 57.1 Å². The van der Waals surface area contributed by atoms with Crippen LogP contribution in [0.15, 0.2) is 12.3 Å². The summed E-state index contributed by atoms with van der Waals surface area (Å²) in [7, 11) is 0. The summed E-state index contributed by atoms with van der Waals surface area (Å²) in [5, 5.41) is 15.9. The van der Waals surface area contributed by atoms with Crippen molar-refractivity contribution in [1.29, 1.82) is 0 Å². The van der Waals surface area contributed by atoms with Crippen molar-refractivity contribution in [2.24, 2.45) is 0 Å². The zero-order valence-electron chi connectivity index (χ0n) is 13.1. The summed E-state index contributed by atoms with van der Waals surface area (Å²) < 4.78 is 20.6. The molecule has 0 amide bonds. The summed E-state index contributed by atoms with van der Waals surface area (Å²) in [6.45, 7) is 3.56. The summed E-state index contributed by atoms with van der Waals surface area (Å²) in [5.41, 5.74) is 0.647. The van der Waals surface area contributed by atoms with E-state index in [4.69, 9.17) is 9.84 Å². The van der Waals surface area contributed by atoms with Gasteiger partial charge >= 0.3 is 5.97 Å². The molecule has 0 saturated carbocycles. The number of hydrogen-bond donors (Lipinski definition) is 2. The van der Waals surface area contributed by atoms with Gasteiger partial charge in [-0.15, -0.1) is 0 Å². The van der Waals surface area contributed by atoms with E-state index in [1.54, 1.807) is 17.9 Å². The fourth-order valence-electron chi connectivity index (χ4n) is 2.42. The van der Waals surface area contributed by atoms with Crippen LogP contribution in [0.5, 0.6) is 0 Å². The maximum atomic E-state index is 14.0. The van der Waals surface area contributed by atoms with E-state index in [0.29, 0.717) is 37.8 Å². The molecule has 1 aliphatic rings. The lowest BCUT2D eigenvalue weighted by atomic mass is 10.4. The number of aliphatic carboxylic acids is 1. The van der Waals surface area contributed by atoms with Gasteiger partial charge in [0, 0.05) is 19.2 Å². The summed E-state index contributed by atoms with van der Waals surface area (Å²) in [5.74, 6) is -0.747. The zero-order valence-corrected chi connectivity index (χ0v) is 13.1. The largest absolute Gasteiger partial charge is 0.480 e. The Morgan fingerprint density at radius 1 is 1.46 bits per heavy atom. The predicted octanol–water partition coefficient (Wildman–Crippen LogP) is 0.785. The maximum absolute atomic E-state index is 14.0. The highest BCUT2D eigenvalue weighted by molar-refractivity contribution is 5.67. The number of ether oxygens (including phenoxy) is 1. The number of halogens is 1. The highest BCUT2D eigenvalue weighted by Crippen LogP contribution is 2.21. The van der Waals surface area contributed by atoms with Crippen molar-refractivity contribution in [3.05, 3.63) is 23.8 Å². The van der Waals surface area contributed by atoms with E-state index >= 15 is 0 Å². The molecule has 0 radical (unpaired) electrons. The molecule has 0 spiro atoms. The van der Waals surface area contributed by atoms with Crippen molar-refractivity contribution in [3.63, 3.8) is 0 Å². The minimum absolute atomic E-state index is 0.171. The van der Waals surface area contributed by atoms with Crippen LogP contribution >= 0.6 is 0 Å². The first-order chi connectivity index (χ1) is 11.5. The van der Waals surface area contributed by atoms with Crippen LogP contribution in [0.3, 0.4) is 0 Å². The molecule has 9 nitrogen and oxygen atoms in total. The molecular formula is C14H17FN6O3. The van der Waals surface area contributed by atoms with Gasteiger partial charge < -0.3 is 20.1 Å². The van der Waals surface area contributed by atoms with Gasteiger partial charge in [-0.3, -0.25) is 4.79 Å². The molecule has 128 valence electrons. The van der Waals surface area contributed by atoms with Gasteiger partial charge in [-0.2, -0.15) is 10.1 Å². The maximum Gasteiger partial charge on any atom is 0.325 e. The lowest BCUT2D eigenvalue weighted by Gasteiger charge is -2.28. The zero-order chi connectivity index (χ0) is 17.1. The van der Waals surface area contributed by atoms with Crippen molar-refractivity contribution in [1.82, 2.24) is 19.7 Å². The Balaban J connectivity index is 1.84. The number of nitrogens with one attached hydrogen (secondary N) is 1. The monoisotopic (exact) mass is 336 g/mol. The molecule has 0 bridgehead atoms. The lowest BCUT2D eigenvalue weighted by molar-refractivity contribution is -0.137. The SMILES string of the molecule is Cc1cc(Nc2ncc(F)c(N3CCOCC3)n2)n(CC(=O)O)n1. The number of carboxylic acid groups (broad SMARTS) is 1. The van der Waals surface area contributed by atoms with Crippen molar-refractivity contribution in [2.45, 2.75) is 13.5 Å². The number of carbonyl (C=O) groups is 1. The standard InChI is InChI=1S/C14H17FN6O3/c1-9-6-11(21(19-9)8-12(22)23)17-14-16-7-10(15)13(18-14)20-2-4-24-5-3-20/h6-7H,2-5,8H2,1H3,(H,22,23)(H,16,17,18). The number of rotatable bonds is 5. The number of carboxylic acids is 1. The topological polar surface area (TPSA) is 105 Å². The van der Waals surface area contributed by atoms with Crippen molar-refractivity contribution in [2.75, 3.05) is 36.5 Å². The number of anilines is 3. The van der Waals surface area contributed by atoms with Crippen LogP contribution in [0.1, 0.15) is 5.69 Å². The molecule has 10 heteroatoms. The third-order valence-corrected chi connectivity index (χ3v) is 3.46. The van der Waals surface area contributed by atoms with Crippen molar-refractivity contribution >= 4 is 23.6 Å². The highest BCUT2D eigenvalue weighted by Gasteiger charge is 2.18. The van der Waals surface area contributed by atoms with Crippen LogP contribution in [0.25, 0.3) is 0 Å². The average molecular weight is 336 g/mol. The van der Waals surface area contributed by atoms with Crippen LogP contribution in [-0.2, 0) is 16.1 Å². The van der Waals surface area contributed by atoms with Crippen LogP contribution in [0.4, 0.5) is 22.0 Å². The lowest BCUT2D eigenvalue weighted by Crippen LogP contribution is -2.37. The molecule has 1 aliphatic heterocycles. The molecular weight excluding hydrogens is 319 g/mol. The first-order valence-electron chi connectivity index (χ1n) is 7.41. The molecule has 0 aromatic carbocycles. The Kier molecular flexibility index (Phi) is 4.56. The third-order valence-electron chi connectivity index (χ3n) is 3.46. The normalized spacial score (nSPS) is 14.7. The Morgan fingerprint density at radius 2 is 2.21 bits per heavy atom. The molecule has 2 aromatic rings. The van der Waals surface area contributed by atoms with E-state index in [1.165, 1.54) is 4.68 Å². The number of aromatic nitrogens is 4. The third kappa shape index (κ3) is 3.59. The summed E-state index contributed by atoms with van der Waals surface area (Å²) in [6, 6.07) is 1.67. The van der Waals surface area contributed by atoms with Gasteiger partial charge in [-0.05, 0) is 6.92 Å². The molecule has 1 saturated heterocycles. The molecule has 2 aromatic heterocycles. The number of morpholine rings is 1. The molecule has 2 N–H and O–H groups in total. The minimum atomic E-state index is -1.02. The van der Waals surface area contributed by atoms with Gasteiger partial charge in [0.1, 0.15) is 12.4 Å². The molecule has 0 aliphatic carbocycles. The Morgan fingerprint density at radius 3 is 2.92 bits per heavy atom. The van der Waals surface area contributed by atoms with E-state index in [9.17, 15) is 9.18 Å². The Bertz CT molecular complexity index is 744. The second kappa shape index (κ2) is 6.79. The first-order valence-corrected chi connectivity index (χ1v) is 7.41. The number of hydrogen-bond acceptors (Lipinski definition) is 7. The van der Waals surface area contributed by atoms with Gasteiger partial charge in [0.05, 0.1) is 25.1 Å². The second-order valence-corrected chi connectivity index (χ2v) is 5.31. The van der Waals surface area contributed by atoms with Gasteiger partial charge in [0.15, 0.2) is 11.6 Å². The van der Waals surface area contributed by atoms with Crippen molar-refractivity contribution in [3.8, 4) is 0 Å².